The summed E-state index contributed by atoms with van der Waals surface area (Å²) in [6.45, 7) is 5.12. The van der Waals surface area contributed by atoms with E-state index in [2.05, 4.69) is 20.9 Å². The molecule has 0 unspecified atom stereocenters. The third-order valence-corrected chi connectivity index (χ3v) is 4.09. The number of nitrogens with zero attached hydrogens (tertiary/aromatic N) is 1. The maximum atomic E-state index is 12.1. The summed E-state index contributed by atoms with van der Waals surface area (Å²) in [5.41, 5.74) is 0.607. The van der Waals surface area contributed by atoms with Crippen LogP contribution in [-0.4, -0.2) is 74.3 Å². The Bertz CT molecular complexity index is 558. The van der Waals surface area contributed by atoms with Gasteiger partial charge in [-0.2, -0.15) is 0 Å². The number of nitrogens with one attached hydrogen (secondary N) is 3. The monoisotopic (exact) mass is 350 g/mol. The van der Waals surface area contributed by atoms with E-state index >= 15 is 0 Å². The smallest absolute Gasteiger partial charge is 0.321 e. The van der Waals surface area contributed by atoms with Gasteiger partial charge < -0.3 is 25.8 Å². The van der Waals surface area contributed by atoms with Crippen LogP contribution in [0, 0.1) is 0 Å². The Morgan fingerprint density at radius 1 is 1.28 bits per heavy atom. The second kappa shape index (κ2) is 9.97. The first-order chi connectivity index (χ1) is 12.1. The van der Waals surface area contributed by atoms with Gasteiger partial charge >= 0.3 is 5.97 Å². The Kier molecular flexibility index (Phi) is 7.65. The maximum absolute atomic E-state index is 12.1. The van der Waals surface area contributed by atoms with Crippen molar-refractivity contribution in [2.45, 2.75) is 12.5 Å². The molecule has 1 saturated heterocycles. The molecule has 1 amide bonds. The van der Waals surface area contributed by atoms with Gasteiger partial charge in [-0.25, -0.2) is 0 Å². The Morgan fingerprint density at radius 2 is 1.96 bits per heavy atom. The zero-order valence-electron chi connectivity index (χ0n) is 14.5. The molecule has 8 nitrogen and oxygen atoms in total. The van der Waals surface area contributed by atoms with Crippen molar-refractivity contribution in [3.63, 3.8) is 0 Å². The van der Waals surface area contributed by atoms with E-state index in [-0.39, 0.29) is 12.3 Å². The summed E-state index contributed by atoms with van der Waals surface area (Å²) in [4.78, 5) is 25.7. The molecule has 4 N–H and O–H groups in total. The number of rotatable bonds is 9. The third kappa shape index (κ3) is 6.69. The van der Waals surface area contributed by atoms with Crippen LogP contribution < -0.4 is 20.7 Å². The number of anilines is 1. The normalized spacial score (nSPS) is 16.2. The third-order valence-electron chi connectivity index (χ3n) is 4.09. The van der Waals surface area contributed by atoms with Crippen molar-refractivity contribution >= 4 is 17.6 Å². The molecule has 0 radical (unpaired) electrons. The predicted molar refractivity (Wildman–Crippen MR) is 95.0 cm³/mol. The number of carbonyl (C=O) groups excluding carboxylic acids is 1. The summed E-state index contributed by atoms with van der Waals surface area (Å²) in [5, 5.41) is 18.2. The van der Waals surface area contributed by atoms with Crippen LogP contribution in [0.4, 0.5) is 5.69 Å². The molecule has 0 aromatic heterocycles. The fraction of sp³-hybridized carbons (Fsp3) is 0.529. The molecule has 0 saturated carbocycles. The van der Waals surface area contributed by atoms with E-state index in [1.54, 1.807) is 31.4 Å². The summed E-state index contributed by atoms with van der Waals surface area (Å²) in [5.74, 6) is -0.673. The molecule has 1 aliphatic rings. The summed E-state index contributed by atoms with van der Waals surface area (Å²) < 4.78 is 5.06. The molecule has 2 rings (SSSR count). The predicted octanol–water partition coefficient (Wildman–Crippen LogP) is -0.0282. The zero-order chi connectivity index (χ0) is 18.1. The summed E-state index contributed by atoms with van der Waals surface area (Å²) >= 11 is 0. The van der Waals surface area contributed by atoms with Gasteiger partial charge in [-0.15, -0.1) is 0 Å². The van der Waals surface area contributed by atoms with Crippen LogP contribution in [0.15, 0.2) is 24.3 Å². The van der Waals surface area contributed by atoms with E-state index in [1.165, 1.54) is 0 Å². The first kappa shape index (κ1) is 19.2. The largest absolute Gasteiger partial charge is 0.497 e. The lowest BCUT2D eigenvalue weighted by Crippen LogP contribution is -2.48. The number of hydrogen-bond acceptors (Lipinski definition) is 6. The van der Waals surface area contributed by atoms with Gasteiger partial charge in [0.15, 0.2) is 0 Å². The topological polar surface area (TPSA) is 103 Å². The van der Waals surface area contributed by atoms with Crippen molar-refractivity contribution in [3.05, 3.63) is 24.3 Å². The van der Waals surface area contributed by atoms with Crippen LogP contribution in [0.2, 0.25) is 0 Å². The number of carboxylic acid groups (broad SMARTS) is 1. The van der Waals surface area contributed by atoms with Crippen LogP contribution in [0.3, 0.4) is 0 Å². The molecular weight excluding hydrogens is 324 g/mol. The lowest BCUT2D eigenvalue weighted by atomic mass is 10.2. The molecule has 8 heteroatoms. The number of carbonyl (C=O) groups is 2. The fourth-order valence-corrected chi connectivity index (χ4v) is 2.65. The van der Waals surface area contributed by atoms with Crippen molar-refractivity contribution in [2.24, 2.45) is 0 Å². The zero-order valence-corrected chi connectivity index (χ0v) is 14.5. The molecule has 1 aliphatic heterocycles. The minimum absolute atomic E-state index is 0.122. The highest BCUT2D eigenvalue weighted by molar-refractivity contribution is 5.94. The van der Waals surface area contributed by atoms with Crippen molar-refractivity contribution < 1.29 is 19.4 Å². The molecule has 1 fully saturated rings. The van der Waals surface area contributed by atoms with Crippen molar-refractivity contribution in [1.82, 2.24) is 15.5 Å². The van der Waals surface area contributed by atoms with E-state index in [0.717, 1.165) is 32.7 Å². The lowest BCUT2D eigenvalue weighted by Gasteiger charge is -2.27. The molecule has 1 atom stereocenters. The van der Waals surface area contributed by atoms with Gasteiger partial charge in [-0.1, -0.05) is 0 Å². The number of hydrogen-bond donors (Lipinski definition) is 4. The fourth-order valence-electron chi connectivity index (χ4n) is 2.65. The van der Waals surface area contributed by atoms with Gasteiger partial charge in [0.05, 0.1) is 13.5 Å². The number of amides is 1. The molecule has 25 heavy (non-hydrogen) atoms. The van der Waals surface area contributed by atoms with Crippen LogP contribution in [-0.2, 0) is 9.59 Å². The van der Waals surface area contributed by atoms with Gasteiger partial charge in [-0.05, 0) is 24.3 Å². The number of piperazine rings is 1. The lowest BCUT2D eigenvalue weighted by molar-refractivity contribution is -0.141. The average molecular weight is 350 g/mol. The van der Waals surface area contributed by atoms with E-state index in [9.17, 15) is 14.7 Å². The summed E-state index contributed by atoms with van der Waals surface area (Å²) in [7, 11) is 1.57. The molecule has 1 heterocycles. The van der Waals surface area contributed by atoms with Crippen LogP contribution in [0.5, 0.6) is 5.75 Å². The van der Waals surface area contributed by atoms with Crippen molar-refractivity contribution in [1.29, 1.82) is 0 Å². The van der Waals surface area contributed by atoms with E-state index in [1.807, 2.05) is 0 Å². The van der Waals surface area contributed by atoms with Crippen LogP contribution in [0.25, 0.3) is 0 Å². The highest BCUT2D eigenvalue weighted by Gasteiger charge is 2.21. The minimum Gasteiger partial charge on any atom is -0.497 e. The van der Waals surface area contributed by atoms with E-state index in [0.29, 0.717) is 18.0 Å². The molecule has 0 aliphatic carbocycles. The van der Waals surface area contributed by atoms with Gasteiger partial charge in [0.2, 0.25) is 5.91 Å². The van der Waals surface area contributed by atoms with Crippen LogP contribution >= 0.6 is 0 Å². The average Bonchev–Trinajstić information content (AvgIpc) is 2.62. The van der Waals surface area contributed by atoms with Gasteiger partial charge in [0.1, 0.15) is 11.8 Å². The van der Waals surface area contributed by atoms with Crippen molar-refractivity contribution in [3.8, 4) is 5.75 Å². The molecule has 0 spiro atoms. The second-order valence-electron chi connectivity index (χ2n) is 5.92. The highest BCUT2D eigenvalue weighted by atomic mass is 16.5. The molecular formula is C17H26N4O4. The first-order valence-electron chi connectivity index (χ1n) is 8.41. The minimum atomic E-state index is -1.02. The van der Waals surface area contributed by atoms with E-state index in [4.69, 9.17) is 4.74 Å². The van der Waals surface area contributed by atoms with E-state index < -0.39 is 12.0 Å². The SMILES string of the molecule is COc1ccc(NC(=O)C[C@H](NCCN2CCNCC2)C(=O)O)cc1. The first-order valence-corrected chi connectivity index (χ1v) is 8.41. The number of carboxylic acids is 1. The van der Waals surface area contributed by atoms with Crippen molar-refractivity contribution in [2.75, 3.05) is 51.7 Å². The Balaban J connectivity index is 1.76. The standard InChI is InChI=1S/C17H26N4O4/c1-25-14-4-2-13(3-5-14)20-16(22)12-15(17(23)24)19-8-11-21-9-6-18-7-10-21/h2-5,15,18-19H,6-12H2,1H3,(H,20,22)(H,23,24)/t15-/m0/s1. The number of ether oxygens (including phenoxy) is 1. The molecule has 1 aromatic rings. The quantitative estimate of drug-likeness (QED) is 0.496. The Hall–Kier alpha value is -2.16. The van der Waals surface area contributed by atoms with Gasteiger partial charge in [0.25, 0.3) is 0 Å². The Morgan fingerprint density at radius 3 is 2.56 bits per heavy atom. The number of benzene rings is 1. The summed E-state index contributed by atoms with van der Waals surface area (Å²) in [6.07, 6.45) is -0.122. The second-order valence-corrected chi connectivity index (χ2v) is 5.92. The van der Waals surface area contributed by atoms with Crippen LogP contribution in [0.1, 0.15) is 6.42 Å². The number of methoxy groups -OCH3 is 1. The summed E-state index contributed by atoms with van der Waals surface area (Å²) in [6, 6.07) is 5.99. The molecule has 0 bridgehead atoms. The van der Waals surface area contributed by atoms with Gasteiger partial charge in [-0.3, -0.25) is 14.5 Å². The molecule has 1 aromatic carbocycles. The van der Waals surface area contributed by atoms with Gasteiger partial charge in [0, 0.05) is 45.0 Å². The molecule has 138 valence electrons. The number of aliphatic carboxylic acids is 1. The highest BCUT2D eigenvalue weighted by Crippen LogP contribution is 2.15. The maximum Gasteiger partial charge on any atom is 0.321 e. The Labute approximate surface area is 147 Å².